The molecule has 0 spiro atoms. The van der Waals surface area contributed by atoms with Gasteiger partial charge in [0.05, 0.1) is 16.7 Å². The van der Waals surface area contributed by atoms with E-state index in [-0.39, 0.29) is 12.2 Å². The van der Waals surface area contributed by atoms with Crippen LogP contribution in [0.3, 0.4) is 0 Å². The van der Waals surface area contributed by atoms with Crippen molar-refractivity contribution in [2.24, 2.45) is 0 Å². The van der Waals surface area contributed by atoms with Crippen molar-refractivity contribution in [2.45, 2.75) is 22.9 Å². The van der Waals surface area contributed by atoms with Crippen LogP contribution < -0.4 is 4.90 Å². The Morgan fingerprint density at radius 1 is 1.26 bits per heavy atom. The van der Waals surface area contributed by atoms with E-state index >= 15 is 0 Å². The van der Waals surface area contributed by atoms with Gasteiger partial charge in [0, 0.05) is 13.1 Å². The number of halogens is 3. The van der Waals surface area contributed by atoms with Crippen molar-refractivity contribution >= 4 is 15.5 Å². The van der Waals surface area contributed by atoms with E-state index in [1.54, 1.807) is 0 Å². The lowest BCUT2D eigenvalue weighted by Crippen LogP contribution is -2.28. The fourth-order valence-electron chi connectivity index (χ4n) is 2.03. The van der Waals surface area contributed by atoms with E-state index in [0.29, 0.717) is 13.0 Å². The van der Waals surface area contributed by atoms with Crippen molar-refractivity contribution in [1.82, 2.24) is 0 Å². The number of hydrogen-bond acceptors (Lipinski definition) is 4. The van der Waals surface area contributed by atoms with Gasteiger partial charge in [0.2, 0.25) is 0 Å². The number of alkyl halides is 3. The number of aliphatic hydroxyl groups excluding tert-OH is 1. The Hall–Kier alpha value is -1.28. The average Bonchev–Trinajstić information content (AvgIpc) is 2.74. The third-order valence-electron chi connectivity index (χ3n) is 2.96. The molecule has 106 valence electrons. The maximum absolute atomic E-state index is 12.6. The van der Waals surface area contributed by atoms with Crippen LogP contribution in [0.15, 0.2) is 29.2 Å². The lowest BCUT2D eigenvalue weighted by Gasteiger charge is -2.21. The topological polar surface area (TPSA) is 57.6 Å². The molecule has 0 aromatic heterocycles. The summed E-state index contributed by atoms with van der Waals surface area (Å²) >= 11 is 0. The minimum Gasteiger partial charge on any atom is -0.391 e. The first-order valence-corrected chi connectivity index (χ1v) is 7.05. The Labute approximate surface area is 108 Å². The standard InChI is InChI=1S/C11H12F3NO3S/c12-11(13,14)19(17,18)10-4-2-1-3-9(10)15-6-5-8(16)7-15/h1-4,8,16H,5-7H2/t8-/m1/s1. The molecule has 8 heteroatoms. The molecule has 0 saturated carbocycles. The summed E-state index contributed by atoms with van der Waals surface area (Å²) in [6.07, 6.45) is -0.248. The number of aliphatic hydroxyl groups is 1. The van der Waals surface area contributed by atoms with Crippen LogP contribution in [0, 0.1) is 0 Å². The van der Waals surface area contributed by atoms with Crippen molar-refractivity contribution in [3.8, 4) is 0 Å². The smallest absolute Gasteiger partial charge is 0.391 e. The molecule has 2 rings (SSSR count). The van der Waals surface area contributed by atoms with E-state index < -0.39 is 26.3 Å². The van der Waals surface area contributed by atoms with Gasteiger partial charge in [-0.1, -0.05) is 12.1 Å². The van der Waals surface area contributed by atoms with Crippen molar-refractivity contribution in [1.29, 1.82) is 0 Å². The fourth-order valence-corrected chi connectivity index (χ4v) is 3.01. The number of hydrogen-bond donors (Lipinski definition) is 1. The molecule has 1 heterocycles. The molecule has 1 fully saturated rings. The molecule has 1 saturated heterocycles. The van der Waals surface area contributed by atoms with Crippen LogP contribution in [-0.2, 0) is 9.84 Å². The highest BCUT2D eigenvalue weighted by atomic mass is 32.2. The number of para-hydroxylation sites is 1. The highest BCUT2D eigenvalue weighted by molar-refractivity contribution is 7.92. The van der Waals surface area contributed by atoms with Gasteiger partial charge in [-0.05, 0) is 18.6 Å². The Kier molecular flexibility index (Phi) is 3.48. The molecule has 0 unspecified atom stereocenters. The Morgan fingerprint density at radius 2 is 1.89 bits per heavy atom. The van der Waals surface area contributed by atoms with Crippen LogP contribution in [0.1, 0.15) is 6.42 Å². The zero-order valence-corrected chi connectivity index (χ0v) is 10.6. The van der Waals surface area contributed by atoms with Crippen LogP contribution in [0.5, 0.6) is 0 Å². The molecular weight excluding hydrogens is 283 g/mol. The summed E-state index contributed by atoms with van der Waals surface area (Å²) < 4.78 is 60.8. The monoisotopic (exact) mass is 295 g/mol. The summed E-state index contributed by atoms with van der Waals surface area (Å²) in [6.45, 7) is 0.454. The maximum Gasteiger partial charge on any atom is 0.501 e. The van der Waals surface area contributed by atoms with Crippen LogP contribution in [0.25, 0.3) is 0 Å². The molecule has 19 heavy (non-hydrogen) atoms. The first-order chi connectivity index (χ1) is 8.73. The number of anilines is 1. The van der Waals surface area contributed by atoms with E-state index in [1.807, 2.05) is 0 Å². The molecule has 1 aromatic rings. The summed E-state index contributed by atoms with van der Waals surface area (Å²) in [4.78, 5) is 0.681. The molecule has 4 nitrogen and oxygen atoms in total. The van der Waals surface area contributed by atoms with Gasteiger partial charge in [-0.15, -0.1) is 0 Å². The third kappa shape index (κ3) is 2.55. The van der Waals surface area contributed by atoms with Crippen molar-refractivity contribution in [3.05, 3.63) is 24.3 Å². The van der Waals surface area contributed by atoms with Crippen molar-refractivity contribution in [2.75, 3.05) is 18.0 Å². The van der Waals surface area contributed by atoms with Crippen LogP contribution in [0.2, 0.25) is 0 Å². The molecule has 1 atom stereocenters. The number of benzene rings is 1. The molecule has 1 aromatic carbocycles. The van der Waals surface area contributed by atoms with E-state index in [0.717, 1.165) is 6.07 Å². The van der Waals surface area contributed by atoms with Gasteiger partial charge in [-0.2, -0.15) is 13.2 Å². The number of rotatable bonds is 2. The fraction of sp³-hybridized carbons (Fsp3) is 0.455. The maximum atomic E-state index is 12.6. The second kappa shape index (κ2) is 4.68. The summed E-state index contributed by atoms with van der Waals surface area (Å²) in [7, 11) is -5.39. The largest absolute Gasteiger partial charge is 0.501 e. The van der Waals surface area contributed by atoms with Crippen LogP contribution in [0.4, 0.5) is 18.9 Å². The van der Waals surface area contributed by atoms with Gasteiger partial charge in [0.1, 0.15) is 0 Å². The molecule has 0 amide bonds. The van der Waals surface area contributed by atoms with Crippen LogP contribution in [-0.4, -0.2) is 38.2 Å². The minimum absolute atomic E-state index is 0.0172. The van der Waals surface area contributed by atoms with Crippen molar-refractivity contribution in [3.63, 3.8) is 0 Å². The highest BCUT2D eigenvalue weighted by Gasteiger charge is 2.48. The molecule has 1 aliphatic rings. The molecule has 0 radical (unpaired) electrons. The summed E-state index contributed by atoms with van der Waals surface area (Å²) in [5, 5.41) is 9.40. The van der Waals surface area contributed by atoms with E-state index in [9.17, 15) is 26.7 Å². The van der Waals surface area contributed by atoms with Gasteiger partial charge < -0.3 is 10.0 Å². The van der Waals surface area contributed by atoms with E-state index in [2.05, 4.69) is 0 Å². The van der Waals surface area contributed by atoms with Gasteiger partial charge in [-0.25, -0.2) is 8.42 Å². The number of β-amino-alcohol motifs (C(OH)–C–C–N with tert-alkyl or cyclic N) is 1. The first-order valence-electron chi connectivity index (χ1n) is 5.57. The Balaban J connectivity index is 2.48. The zero-order chi connectivity index (χ0) is 14.3. The molecular formula is C11H12F3NO3S. The van der Waals surface area contributed by atoms with Gasteiger partial charge in [0.25, 0.3) is 9.84 Å². The zero-order valence-electron chi connectivity index (χ0n) is 9.76. The number of sulfone groups is 1. The molecule has 0 bridgehead atoms. The van der Waals surface area contributed by atoms with E-state index in [4.69, 9.17) is 0 Å². The molecule has 1 N–H and O–H groups in total. The highest BCUT2D eigenvalue weighted by Crippen LogP contribution is 2.36. The average molecular weight is 295 g/mol. The predicted octanol–water partition coefficient (Wildman–Crippen LogP) is 1.55. The summed E-state index contributed by atoms with van der Waals surface area (Å²) in [5.74, 6) is 0. The summed E-state index contributed by atoms with van der Waals surface area (Å²) in [5.41, 5.74) is -5.35. The second-order valence-corrected chi connectivity index (χ2v) is 6.22. The quantitative estimate of drug-likeness (QED) is 0.899. The summed E-state index contributed by atoms with van der Waals surface area (Å²) in [6, 6.07) is 4.96. The first kappa shape index (κ1) is 14.1. The minimum atomic E-state index is -5.39. The number of nitrogens with zero attached hydrogens (tertiary/aromatic N) is 1. The predicted molar refractivity (Wildman–Crippen MR) is 62.5 cm³/mol. The third-order valence-corrected chi connectivity index (χ3v) is 4.50. The Bertz CT molecular complexity index is 571. The van der Waals surface area contributed by atoms with Gasteiger partial charge in [-0.3, -0.25) is 0 Å². The van der Waals surface area contributed by atoms with Crippen molar-refractivity contribution < 1.29 is 26.7 Å². The van der Waals surface area contributed by atoms with Crippen LogP contribution >= 0.6 is 0 Å². The lowest BCUT2D eigenvalue weighted by molar-refractivity contribution is -0.0435. The Morgan fingerprint density at radius 3 is 2.42 bits per heavy atom. The van der Waals surface area contributed by atoms with Gasteiger partial charge in [0.15, 0.2) is 0 Å². The lowest BCUT2D eigenvalue weighted by atomic mass is 10.3. The SMILES string of the molecule is O=S(=O)(c1ccccc1N1CC[C@@H](O)C1)C(F)(F)F. The normalized spacial score (nSPS) is 20.8. The van der Waals surface area contributed by atoms with E-state index in [1.165, 1.54) is 23.1 Å². The molecule has 1 aliphatic heterocycles. The second-order valence-electron chi connectivity index (χ2n) is 4.31. The molecule has 0 aliphatic carbocycles. The van der Waals surface area contributed by atoms with Gasteiger partial charge >= 0.3 is 5.51 Å².